The standard InChI is InChI=1S/C11H22N2/c1-2-10-8-13-11(9-12-10)6-4-3-5-7-11/h10,12-13H,2-9H2,1H3. The van der Waals surface area contributed by atoms with Crippen molar-refractivity contribution in [3.05, 3.63) is 0 Å². The van der Waals surface area contributed by atoms with Gasteiger partial charge in [0.25, 0.3) is 0 Å². The van der Waals surface area contributed by atoms with Crippen molar-refractivity contribution in [1.29, 1.82) is 0 Å². The first-order valence-corrected chi connectivity index (χ1v) is 5.83. The van der Waals surface area contributed by atoms with Gasteiger partial charge in [-0.15, -0.1) is 0 Å². The Balaban J connectivity index is 1.87. The van der Waals surface area contributed by atoms with E-state index >= 15 is 0 Å². The van der Waals surface area contributed by atoms with E-state index in [4.69, 9.17) is 0 Å². The fourth-order valence-corrected chi connectivity index (χ4v) is 2.68. The van der Waals surface area contributed by atoms with Crippen LogP contribution in [0.3, 0.4) is 0 Å². The summed E-state index contributed by atoms with van der Waals surface area (Å²) in [6.45, 7) is 4.64. The van der Waals surface area contributed by atoms with Crippen LogP contribution in [0.2, 0.25) is 0 Å². The summed E-state index contributed by atoms with van der Waals surface area (Å²) in [5.41, 5.74) is 0.476. The molecular formula is C11H22N2. The summed E-state index contributed by atoms with van der Waals surface area (Å²) < 4.78 is 0. The molecule has 76 valence electrons. The summed E-state index contributed by atoms with van der Waals surface area (Å²) in [6.07, 6.45) is 8.31. The van der Waals surface area contributed by atoms with Crippen molar-refractivity contribution in [3.63, 3.8) is 0 Å². The number of rotatable bonds is 1. The van der Waals surface area contributed by atoms with Crippen LogP contribution in [0.5, 0.6) is 0 Å². The van der Waals surface area contributed by atoms with Gasteiger partial charge in [0.1, 0.15) is 0 Å². The molecule has 1 saturated carbocycles. The van der Waals surface area contributed by atoms with Crippen molar-refractivity contribution in [2.75, 3.05) is 13.1 Å². The Morgan fingerprint density at radius 3 is 2.54 bits per heavy atom. The zero-order valence-electron chi connectivity index (χ0n) is 8.73. The molecule has 2 aliphatic rings. The lowest BCUT2D eigenvalue weighted by Gasteiger charge is -2.44. The number of nitrogens with one attached hydrogen (secondary N) is 2. The van der Waals surface area contributed by atoms with E-state index in [1.165, 1.54) is 51.6 Å². The fraction of sp³-hybridized carbons (Fsp3) is 1.00. The largest absolute Gasteiger partial charge is 0.311 e. The molecule has 0 aromatic heterocycles. The van der Waals surface area contributed by atoms with Gasteiger partial charge in [-0.05, 0) is 19.3 Å². The van der Waals surface area contributed by atoms with E-state index in [-0.39, 0.29) is 0 Å². The normalized spacial score (nSPS) is 33.5. The molecule has 1 saturated heterocycles. The van der Waals surface area contributed by atoms with Crippen LogP contribution in [-0.2, 0) is 0 Å². The van der Waals surface area contributed by atoms with Crippen LogP contribution in [0, 0.1) is 0 Å². The predicted molar refractivity (Wildman–Crippen MR) is 55.9 cm³/mol. The monoisotopic (exact) mass is 182 g/mol. The summed E-state index contributed by atoms with van der Waals surface area (Å²) in [5, 5.41) is 7.44. The second-order valence-electron chi connectivity index (χ2n) is 4.71. The third kappa shape index (κ3) is 2.05. The van der Waals surface area contributed by atoms with E-state index in [1.54, 1.807) is 0 Å². The number of hydrogen-bond acceptors (Lipinski definition) is 2. The Kier molecular flexibility index (Phi) is 2.89. The molecule has 13 heavy (non-hydrogen) atoms. The van der Waals surface area contributed by atoms with E-state index in [0.717, 1.165) is 0 Å². The van der Waals surface area contributed by atoms with E-state index in [2.05, 4.69) is 17.6 Å². The zero-order valence-corrected chi connectivity index (χ0v) is 8.73. The minimum atomic E-state index is 0.476. The molecule has 2 N–H and O–H groups in total. The summed E-state index contributed by atoms with van der Waals surface area (Å²) in [6, 6.07) is 0.715. The van der Waals surface area contributed by atoms with Crippen molar-refractivity contribution < 1.29 is 0 Å². The van der Waals surface area contributed by atoms with Gasteiger partial charge < -0.3 is 10.6 Å². The lowest BCUT2D eigenvalue weighted by molar-refractivity contribution is 0.174. The molecule has 2 heteroatoms. The third-order valence-corrected chi connectivity index (χ3v) is 3.76. The van der Waals surface area contributed by atoms with E-state index in [0.29, 0.717) is 11.6 Å². The average Bonchev–Trinajstić information content (AvgIpc) is 2.20. The van der Waals surface area contributed by atoms with Crippen LogP contribution in [0.1, 0.15) is 45.4 Å². The van der Waals surface area contributed by atoms with Gasteiger partial charge in [-0.1, -0.05) is 26.2 Å². The third-order valence-electron chi connectivity index (χ3n) is 3.76. The predicted octanol–water partition coefficient (Wildman–Crippen LogP) is 1.66. The minimum Gasteiger partial charge on any atom is -0.311 e. The highest BCUT2D eigenvalue weighted by molar-refractivity contribution is 4.97. The van der Waals surface area contributed by atoms with Crippen molar-refractivity contribution >= 4 is 0 Å². The first kappa shape index (κ1) is 9.47. The van der Waals surface area contributed by atoms with Gasteiger partial charge in [-0.3, -0.25) is 0 Å². The van der Waals surface area contributed by atoms with Gasteiger partial charge in [0, 0.05) is 24.7 Å². The Morgan fingerprint density at radius 1 is 1.23 bits per heavy atom. The number of hydrogen-bond donors (Lipinski definition) is 2. The van der Waals surface area contributed by atoms with E-state index in [9.17, 15) is 0 Å². The molecule has 1 heterocycles. The van der Waals surface area contributed by atoms with Gasteiger partial charge in [-0.25, -0.2) is 0 Å². The van der Waals surface area contributed by atoms with Crippen LogP contribution in [0.15, 0.2) is 0 Å². The van der Waals surface area contributed by atoms with E-state index < -0.39 is 0 Å². The quantitative estimate of drug-likeness (QED) is 0.644. The second kappa shape index (κ2) is 3.97. The molecule has 1 aliphatic heterocycles. The molecule has 0 amide bonds. The summed E-state index contributed by atoms with van der Waals surface area (Å²) in [5.74, 6) is 0. The number of piperazine rings is 1. The topological polar surface area (TPSA) is 24.1 Å². The molecule has 1 unspecified atom stereocenters. The van der Waals surface area contributed by atoms with E-state index in [1.807, 2.05) is 0 Å². The minimum absolute atomic E-state index is 0.476. The smallest absolute Gasteiger partial charge is 0.0307 e. The molecule has 1 atom stereocenters. The molecule has 2 rings (SSSR count). The van der Waals surface area contributed by atoms with Crippen LogP contribution in [0.25, 0.3) is 0 Å². The van der Waals surface area contributed by atoms with Gasteiger partial charge in [-0.2, -0.15) is 0 Å². The van der Waals surface area contributed by atoms with Gasteiger partial charge in [0.2, 0.25) is 0 Å². The molecule has 2 fully saturated rings. The lowest BCUT2D eigenvalue weighted by Crippen LogP contribution is -2.63. The highest BCUT2D eigenvalue weighted by atomic mass is 15.1. The Labute approximate surface area is 81.5 Å². The van der Waals surface area contributed by atoms with Gasteiger partial charge >= 0.3 is 0 Å². The second-order valence-corrected chi connectivity index (χ2v) is 4.71. The van der Waals surface area contributed by atoms with Crippen molar-refractivity contribution in [2.24, 2.45) is 0 Å². The maximum atomic E-state index is 3.77. The summed E-state index contributed by atoms with van der Waals surface area (Å²) in [4.78, 5) is 0. The van der Waals surface area contributed by atoms with Gasteiger partial charge in [0.05, 0.1) is 0 Å². The molecule has 1 aliphatic carbocycles. The Bertz CT molecular complexity index is 151. The van der Waals surface area contributed by atoms with Crippen molar-refractivity contribution in [2.45, 2.75) is 57.0 Å². The first-order valence-electron chi connectivity index (χ1n) is 5.83. The molecule has 0 aromatic rings. The van der Waals surface area contributed by atoms with Crippen molar-refractivity contribution in [1.82, 2.24) is 10.6 Å². The van der Waals surface area contributed by atoms with Gasteiger partial charge in [0.15, 0.2) is 0 Å². The lowest BCUT2D eigenvalue weighted by atomic mass is 9.80. The Morgan fingerprint density at radius 2 is 2.00 bits per heavy atom. The SMILES string of the molecule is CCC1CNC2(CCCCC2)CN1. The van der Waals surface area contributed by atoms with Crippen molar-refractivity contribution in [3.8, 4) is 0 Å². The fourth-order valence-electron chi connectivity index (χ4n) is 2.68. The molecule has 0 aromatic carbocycles. The molecule has 0 radical (unpaired) electrons. The first-order chi connectivity index (χ1) is 6.35. The summed E-state index contributed by atoms with van der Waals surface area (Å²) >= 11 is 0. The Hall–Kier alpha value is -0.0800. The van der Waals surface area contributed by atoms with Crippen LogP contribution >= 0.6 is 0 Å². The average molecular weight is 182 g/mol. The molecular weight excluding hydrogens is 160 g/mol. The van der Waals surface area contributed by atoms with Crippen LogP contribution in [0.4, 0.5) is 0 Å². The van der Waals surface area contributed by atoms with Crippen LogP contribution in [-0.4, -0.2) is 24.7 Å². The maximum Gasteiger partial charge on any atom is 0.0307 e. The highest BCUT2D eigenvalue weighted by Gasteiger charge is 2.34. The molecule has 0 bridgehead atoms. The molecule has 1 spiro atoms. The van der Waals surface area contributed by atoms with Crippen LogP contribution < -0.4 is 10.6 Å². The molecule has 2 nitrogen and oxygen atoms in total. The zero-order chi connectivity index (χ0) is 9.15. The summed E-state index contributed by atoms with van der Waals surface area (Å²) in [7, 11) is 0. The highest BCUT2D eigenvalue weighted by Crippen LogP contribution is 2.29. The maximum absolute atomic E-state index is 3.77.